The van der Waals surface area contributed by atoms with E-state index in [0.717, 1.165) is 12.1 Å². The summed E-state index contributed by atoms with van der Waals surface area (Å²) < 4.78 is 63.9. The van der Waals surface area contributed by atoms with Crippen LogP contribution in [0.4, 0.5) is 19.0 Å². The molecule has 2 aromatic heterocycles. The number of fused-ring (bicyclic) bond motifs is 1. The fraction of sp³-hybridized carbons (Fsp3) is 0.167. The summed E-state index contributed by atoms with van der Waals surface area (Å²) in [7, 11) is -3.84. The van der Waals surface area contributed by atoms with Crippen molar-refractivity contribution in [2.24, 2.45) is 0 Å². The lowest BCUT2D eigenvalue weighted by Gasteiger charge is -2.13. The minimum absolute atomic E-state index is 0.166. The predicted molar refractivity (Wildman–Crippen MR) is 104 cm³/mol. The van der Waals surface area contributed by atoms with Crippen LogP contribution in [-0.2, 0) is 16.0 Å². The van der Waals surface area contributed by atoms with Gasteiger partial charge in [-0.25, -0.2) is 18.4 Å². The first-order chi connectivity index (χ1) is 13.5. The number of rotatable bonds is 4. The Morgan fingerprint density at radius 1 is 1.14 bits per heavy atom. The van der Waals surface area contributed by atoms with E-state index < -0.39 is 27.5 Å². The number of sulfone groups is 1. The lowest BCUT2D eigenvalue weighted by atomic mass is 10.1. The van der Waals surface area contributed by atoms with Crippen molar-refractivity contribution in [2.75, 3.05) is 11.1 Å². The van der Waals surface area contributed by atoms with E-state index in [0.29, 0.717) is 21.4 Å². The predicted octanol–water partition coefficient (Wildman–Crippen LogP) is 4.46. The van der Waals surface area contributed by atoms with Crippen LogP contribution in [0.1, 0.15) is 23.0 Å². The molecule has 1 aromatic carbocycles. The molecule has 0 radical (unpaired) electrons. The molecule has 0 bridgehead atoms. The molecule has 0 aliphatic heterocycles. The molecule has 29 heavy (non-hydrogen) atoms. The molecule has 1 N–H and O–H groups in total. The minimum atomic E-state index is -4.56. The second kappa shape index (κ2) is 7.71. The first kappa shape index (κ1) is 21.2. The van der Waals surface area contributed by atoms with E-state index in [1.54, 1.807) is 18.2 Å². The molecule has 3 rings (SSSR count). The number of alkyl halides is 3. The van der Waals surface area contributed by atoms with Crippen LogP contribution in [0, 0.1) is 0 Å². The molecule has 0 aliphatic rings. The summed E-state index contributed by atoms with van der Waals surface area (Å²) in [5, 5.41) is 3.12. The number of halogens is 4. The van der Waals surface area contributed by atoms with Gasteiger partial charge in [0.15, 0.2) is 9.84 Å². The number of aromatic nitrogens is 2. The molecule has 152 valence electrons. The molecule has 0 spiro atoms. The number of carbonyl (C=O) groups is 1. The maximum Gasteiger partial charge on any atom is 0.417 e. The van der Waals surface area contributed by atoms with E-state index >= 15 is 0 Å². The Morgan fingerprint density at radius 2 is 1.86 bits per heavy atom. The molecular formula is C18H13BrF3N3O3S. The average Bonchev–Trinajstić information content (AvgIpc) is 2.66. The number of nitrogens with one attached hydrogen (secondary N) is 1. The number of carbonyl (C=O) groups excluding carboxylic acids is 1. The third-order valence-electron chi connectivity index (χ3n) is 4.04. The van der Waals surface area contributed by atoms with Gasteiger partial charge in [-0.05, 0) is 24.3 Å². The molecule has 0 saturated heterocycles. The molecule has 6 nitrogen and oxygen atoms in total. The van der Waals surface area contributed by atoms with Gasteiger partial charge in [0, 0.05) is 27.6 Å². The van der Waals surface area contributed by atoms with Gasteiger partial charge in [0.25, 0.3) is 5.91 Å². The van der Waals surface area contributed by atoms with E-state index in [-0.39, 0.29) is 22.2 Å². The largest absolute Gasteiger partial charge is 0.417 e. The maximum atomic E-state index is 12.7. The van der Waals surface area contributed by atoms with E-state index in [4.69, 9.17) is 0 Å². The van der Waals surface area contributed by atoms with Crippen LogP contribution in [-0.4, -0.2) is 30.0 Å². The fourth-order valence-corrected chi connectivity index (χ4v) is 4.23. The first-order valence-electron chi connectivity index (χ1n) is 8.18. The lowest BCUT2D eigenvalue weighted by molar-refractivity contribution is -0.137. The van der Waals surface area contributed by atoms with Crippen LogP contribution < -0.4 is 5.32 Å². The third-order valence-corrected chi connectivity index (χ3v) is 6.33. The van der Waals surface area contributed by atoms with Crippen LogP contribution in [0.15, 0.2) is 52.1 Å². The van der Waals surface area contributed by atoms with Gasteiger partial charge in [-0.3, -0.25) is 4.79 Å². The molecule has 0 unspecified atom stereocenters. The van der Waals surface area contributed by atoms with Crippen LogP contribution >= 0.6 is 15.9 Å². The number of hydrogen-bond acceptors (Lipinski definition) is 5. The number of anilines is 1. The molecule has 11 heteroatoms. The Hall–Kier alpha value is -2.53. The van der Waals surface area contributed by atoms with Crippen molar-refractivity contribution < 1.29 is 26.4 Å². The topological polar surface area (TPSA) is 89.0 Å². The SMILES string of the molecule is CCS(=O)(=O)c1c(C(=O)Nc2ccc(C(F)(F)F)cn2)ncc2cc(Br)ccc12. The van der Waals surface area contributed by atoms with Gasteiger partial charge < -0.3 is 5.32 Å². The second-order valence-corrected chi connectivity index (χ2v) is 9.09. The summed E-state index contributed by atoms with van der Waals surface area (Å²) in [6.45, 7) is 1.44. The molecule has 1 amide bonds. The molecule has 0 fully saturated rings. The van der Waals surface area contributed by atoms with Gasteiger partial charge in [0.05, 0.1) is 11.3 Å². The Bertz CT molecular complexity index is 1200. The third kappa shape index (κ3) is 4.40. The molecular weight excluding hydrogens is 475 g/mol. The Labute approximate surface area is 172 Å². The van der Waals surface area contributed by atoms with E-state index in [2.05, 4.69) is 31.2 Å². The Morgan fingerprint density at radius 3 is 2.45 bits per heavy atom. The van der Waals surface area contributed by atoms with Gasteiger partial charge in [-0.15, -0.1) is 0 Å². The van der Waals surface area contributed by atoms with Crippen LogP contribution in [0.3, 0.4) is 0 Å². The van der Waals surface area contributed by atoms with Crippen molar-refractivity contribution in [2.45, 2.75) is 18.0 Å². The van der Waals surface area contributed by atoms with E-state index in [1.807, 2.05) is 0 Å². The highest BCUT2D eigenvalue weighted by molar-refractivity contribution is 9.10. The monoisotopic (exact) mass is 487 g/mol. The van der Waals surface area contributed by atoms with E-state index in [1.165, 1.54) is 13.1 Å². The number of nitrogens with zero attached hydrogens (tertiary/aromatic N) is 2. The molecule has 0 saturated carbocycles. The second-order valence-electron chi connectivity index (χ2n) is 5.95. The minimum Gasteiger partial charge on any atom is -0.305 e. The van der Waals surface area contributed by atoms with Crippen LogP contribution in [0.2, 0.25) is 0 Å². The van der Waals surface area contributed by atoms with Crippen molar-refractivity contribution >= 4 is 48.3 Å². The summed E-state index contributed by atoms with van der Waals surface area (Å²) in [5.74, 6) is -1.32. The smallest absolute Gasteiger partial charge is 0.305 e. The fourth-order valence-electron chi connectivity index (χ4n) is 2.60. The number of amides is 1. The molecule has 2 heterocycles. The van der Waals surface area contributed by atoms with Gasteiger partial charge >= 0.3 is 6.18 Å². The Balaban J connectivity index is 2.06. The highest BCUT2D eigenvalue weighted by Gasteiger charge is 2.31. The summed E-state index contributed by atoms with van der Waals surface area (Å²) in [6, 6.07) is 6.59. The summed E-state index contributed by atoms with van der Waals surface area (Å²) >= 11 is 3.29. The van der Waals surface area contributed by atoms with Crippen LogP contribution in [0.25, 0.3) is 10.8 Å². The number of pyridine rings is 2. The van der Waals surface area contributed by atoms with Crippen molar-refractivity contribution in [1.29, 1.82) is 0 Å². The molecule has 0 aliphatic carbocycles. The number of hydrogen-bond donors (Lipinski definition) is 1. The molecule has 0 atom stereocenters. The van der Waals surface area contributed by atoms with Gasteiger partial charge in [0.2, 0.25) is 0 Å². The summed E-state index contributed by atoms with van der Waals surface area (Å²) in [4.78, 5) is 20.0. The normalized spacial score (nSPS) is 12.2. The van der Waals surface area contributed by atoms with Gasteiger partial charge in [-0.1, -0.05) is 28.9 Å². The summed E-state index contributed by atoms with van der Waals surface area (Å²) in [5.41, 5.74) is -1.33. The van der Waals surface area contributed by atoms with Crippen LogP contribution in [0.5, 0.6) is 0 Å². The zero-order chi connectivity index (χ0) is 21.4. The van der Waals surface area contributed by atoms with Gasteiger partial charge in [-0.2, -0.15) is 13.2 Å². The maximum absolute atomic E-state index is 12.7. The Kier molecular flexibility index (Phi) is 5.63. The zero-order valence-corrected chi connectivity index (χ0v) is 17.2. The quantitative estimate of drug-likeness (QED) is 0.586. The number of benzene rings is 1. The highest BCUT2D eigenvalue weighted by atomic mass is 79.9. The van der Waals surface area contributed by atoms with Gasteiger partial charge in [0.1, 0.15) is 16.4 Å². The van der Waals surface area contributed by atoms with Crippen molar-refractivity contribution in [3.05, 3.63) is 58.5 Å². The standard InChI is InChI=1S/C18H13BrF3N3O3S/c1-2-29(27,28)16-13-5-4-12(19)7-10(13)8-24-15(16)17(26)25-14-6-3-11(9-23-14)18(20,21)22/h3-9H,2H2,1H3,(H,23,25,26). The highest BCUT2D eigenvalue weighted by Crippen LogP contribution is 2.30. The lowest BCUT2D eigenvalue weighted by Crippen LogP contribution is -2.20. The zero-order valence-electron chi connectivity index (χ0n) is 14.8. The van der Waals surface area contributed by atoms with Crippen molar-refractivity contribution in [3.63, 3.8) is 0 Å². The average molecular weight is 488 g/mol. The van der Waals surface area contributed by atoms with Crippen molar-refractivity contribution in [1.82, 2.24) is 9.97 Å². The first-order valence-corrected chi connectivity index (χ1v) is 10.6. The van der Waals surface area contributed by atoms with E-state index in [9.17, 15) is 26.4 Å². The summed E-state index contributed by atoms with van der Waals surface area (Å²) in [6.07, 6.45) is -2.64. The van der Waals surface area contributed by atoms with Crippen molar-refractivity contribution in [3.8, 4) is 0 Å². The molecule has 3 aromatic rings.